The number of aromatic amines is 2. The minimum atomic E-state index is -1.12. The van der Waals surface area contributed by atoms with E-state index in [9.17, 15) is 14.7 Å². The van der Waals surface area contributed by atoms with Gasteiger partial charge in [0.1, 0.15) is 11.4 Å². The van der Waals surface area contributed by atoms with E-state index in [2.05, 4.69) is 20.4 Å². The average molecular weight is 338 g/mol. The molecule has 8 nitrogen and oxygen atoms in total. The first-order valence-electron chi connectivity index (χ1n) is 7.29. The van der Waals surface area contributed by atoms with Crippen LogP contribution in [0.2, 0.25) is 0 Å². The van der Waals surface area contributed by atoms with E-state index in [1.54, 1.807) is 43.5 Å². The molecule has 25 heavy (non-hydrogen) atoms. The molecule has 0 aliphatic carbocycles. The topological polar surface area (TPSA) is 120 Å². The van der Waals surface area contributed by atoms with Crippen LogP contribution in [0, 0.1) is 0 Å². The van der Waals surface area contributed by atoms with Gasteiger partial charge in [-0.1, -0.05) is 12.1 Å². The first-order valence-corrected chi connectivity index (χ1v) is 7.29. The van der Waals surface area contributed by atoms with Crippen molar-refractivity contribution < 1.29 is 14.6 Å². The lowest BCUT2D eigenvalue weighted by atomic mass is 10.1. The van der Waals surface area contributed by atoms with Crippen molar-refractivity contribution in [3.05, 3.63) is 64.4 Å². The van der Waals surface area contributed by atoms with Crippen molar-refractivity contribution in [3.63, 3.8) is 0 Å². The molecule has 3 rings (SSSR count). The monoisotopic (exact) mass is 338 g/mol. The third-order valence-corrected chi connectivity index (χ3v) is 3.52. The van der Waals surface area contributed by atoms with Gasteiger partial charge in [-0.2, -0.15) is 0 Å². The van der Waals surface area contributed by atoms with Crippen LogP contribution >= 0.6 is 0 Å². The molecule has 3 aromatic rings. The van der Waals surface area contributed by atoms with E-state index >= 15 is 0 Å². The molecule has 1 heterocycles. The smallest absolute Gasteiger partial charge is 0.337 e. The maximum absolute atomic E-state index is 12.0. The zero-order valence-corrected chi connectivity index (χ0v) is 13.2. The van der Waals surface area contributed by atoms with Crippen molar-refractivity contribution in [2.24, 2.45) is 10.2 Å². The summed E-state index contributed by atoms with van der Waals surface area (Å²) in [6, 6.07) is 13.2. The first kappa shape index (κ1) is 16.2. The molecule has 3 N–H and O–H groups in total. The second-order valence-electron chi connectivity index (χ2n) is 5.05. The van der Waals surface area contributed by atoms with Gasteiger partial charge in [0.25, 0.3) is 5.56 Å². The number of aromatic nitrogens is 2. The van der Waals surface area contributed by atoms with Gasteiger partial charge in [0.2, 0.25) is 0 Å². The molecular weight excluding hydrogens is 324 g/mol. The van der Waals surface area contributed by atoms with Gasteiger partial charge >= 0.3 is 5.97 Å². The molecule has 0 saturated heterocycles. The van der Waals surface area contributed by atoms with Gasteiger partial charge < -0.3 is 9.84 Å². The Morgan fingerprint density at radius 3 is 2.44 bits per heavy atom. The number of azo groups is 1. The van der Waals surface area contributed by atoms with Crippen LogP contribution in [0.4, 0.5) is 11.4 Å². The van der Waals surface area contributed by atoms with Gasteiger partial charge in [0.05, 0.1) is 18.4 Å². The summed E-state index contributed by atoms with van der Waals surface area (Å²) in [7, 11) is 1.56. The Balaban J connectivity index is 2.00. The molecule has 0 aliphatic rings. The summed E-state index contributed by atoms with van der Waals surface area (Å²) in [5.41, 5.74) is 0.928. The first-order chi connectivity index (χ1) is 12.1. The van der Waals surface area contributed by atoms with Crippen molar-refractivity contribution in [1.82, 2.24) is 10.2 Å². The maximum Gasteiger partial charge on any atom is 0.337 e. The number of benzene rings is 2. The summed E-state index contributed by atoms with van der Waals surface area (Å²) in [4.78, 5) is 23.2. The Morgan fingerprint density at radius 1 is 1.04 bits per heavy atom. The molecule has 8 heteroatoms. The van der Waals surface area contributed by atoms with Crippen molar-refractivity contribution in [1.29, 1.82) is 0 Å². The van der Waals surface area contributed by atoms with Crippen LogP contribution in [0.15, 0.2) is 63.6 Å². The molecular formula is C17H14N4O4. The number of aromatic carboxylic acids is 1. The molecule has 0 bridgehead atoms. The van der Waals surface area contributed by atoms with Crippen molar-refractivity contribution in [2.75, 3.05) is 7.11 Å². The number of rotatable bonds is 5. The number of carboxylic acids is 1. The van der Waals surface area contributed by atoms with Crippen LogP contribution in [0.25, 0.3) is 11.3 Å². The number of hydrogen-bond donors (Lipinski definition) is 3. The molecule has 2 aromatic carbocycles. The summed E-state index contributed by atoms with van der Waals surface area (Å²) >= 11 is 0. The van der Waals surface area contributed by atoms with Gasteiger partial charge in [-0.25, -0.2) is 4.79 Å². The Bertz CT molecular complexity index is 986. The van der Waals surface area contributed by atoms with E-state index in [1.807, 2.05) is 0 Å². The number of carboxylic acid groups (broad SMARTS) is 1. The standard InChI is InChI=1S/C17H14N4O4/c1-25-11-8-6-10(7-9-11)14-15(16(22)21-19-14)20-18-13-5-3-2-4-12(13)17(23)24/h2-9H,1H3,(H,23,24)(H2,19,21,22). The van der Waals surface area contributed by atoms with Gasteiger partial charge in [0.15, 0.2) is 5.69 Å². The minimum Gasteiger partial charge on any atom is -0.497 e. The highest BCUT2D eigenvalue weighted by atomic mass is 16.5. The van der Waals surface area contributed by atoms with Gasteiger partial charge in [0, 0.05) is 5.56 Å². The predicted molar refractivity (Wildman–Crippen MR) is 91.0 cm³/mol. The van der Waals surface area contributed by atoms with E-state index in [4.69, 9.17) is 4.74 Å². The molecule has 0 unspecified atom stereocenters. The summed E-state index contributed by atoms with van der Waals surface area (Å²) in [6.07, 6.45) is 0. The molecule has 1 aromatic heterocycles. The minimum absolute atomic E-state index is 0.00390. The SMILES string of the molecule is COc1ccc(-c2[nH][nH]c(=O)c2N=Nc2ccccc2C(=O)O)cc1. The van der Waals surface area contributed by atoms with E-state index in [0.717, 1.165) is 0 Å². The lowest BCUT2D eigenvalue weighted by Crippen LogP contribution is -1.97. The number of nitrogens with zero attached hydrogens (tertiary/aromatic N) is 2. The van der Waals surface area contributed by atoms with Gasteiger partial charge in [-0.05, 0) is 36.4 Å². The van der Waals surface area contributed by atoms with Gasteiger partial charge in [-0.15, -0.1) is 10.2 Å². The molecule has 126 valence electrons. The van der Waals surface area contributed by atoms with Gasteiger partial charge in [-0.3, -0.25) is 15.0 Å². The number of methoxy groups -OCH3 is 1. The van der Waals surface area contributed by atoms with E-state index in [0.29, 0.717) is 17.0 Å². The van der Waals surface area contributed by atoms with Crippen LogP contribution in [-0.4, -0.2) is 28.4 Å². The Hall–Kier alpha value is -3.68. The number of nitrogens with one attached hydrogen (secondary N) is 2. The second-order valence-corrected chi connectivity index (χ2v) is 5.05. The fourth-order valence-electron chi connectivity index (χ4n) is 2.26. The predicted octanol–water partition coefficient (Wildman–Crippen LogP) is 3.49. The Labute approximate surface area is 141 Å². The van der Waals surface area contributed by atoms with E-state index < -0.39 is 11.5 Å². The Kier molecular flexibility index (Phi) is 4.42. The zero-order chi connectivity index (χ0) is 17.8. The highest BCUT2D eigenvalue weighted by Gasteiger charge is 2.13. The largest absolute Gasteiger partial charge is 0.497 e. The third-order valence-electron chi connectivity index (χ3n) is 3.52. The maximum atomic E-state index is 12.0. The van der Waals surface area contributed by atoms with Crippen LogP contribution < -0.4 is 10.3 Å². The number of H-pyrrole nitrogens is 2. The highest BCUT2D eigenvalue weighted by molar-refractivity contribution is 5.93. The summed E-state index contributed by atoms with van der Waals surface area (Å²) in [5.74, 6) is -0.437. The van der Waals surface area contributed by atoms with Crippen molar-refractivity contribution >= 4 is 17.3 Å². The quantitative estimate of drug-likeness (QED) is 0.617. The van der Waals surface area contributed by atoms with Crippen LogP contribution in [-0.2, 0) is 0 Å². The summed E-state index contributed by atoms with van der Waals surface area (Å²) in [5, 5.41) is 22.3. The fourth-order valence-corrected chi connectivity index (χ4v) is 2.26. The third kappa shape index (κ3) is 3.32. The molecule has 0 aliphatic heterocycles. The lowest BCUT2D eigenvalue weighted by Gasteiger charge is -2.02. The zero-order valence-electron chi connectivity index (χ0n) is 13.2. The second kappa shape index (κ2) is 6.83. The molecule has 0 fully saturated rings. The fraction of sp³-hybridized carbons (Fsp3) is 0.0588. The number of hydrogen-bond acceptors (Lipinski definition) is 5. The molecule has 0 atom stereocenters. The summed E-state index contributed by atoms with van der Waals surface area (Å²) in [6.45, 7) is 0. The molecule has 0 spiro atoms. The van der Waals surface area contributed by atoms with E-state index in [-0.39, 0.29) is 16.9 Å². The highest BCUT2D eigenvalue weighted by Crippen LogP contribution is 2.28. The van der Waals surface area contributed by atoms with Crippen molar-refractivity contribution in [2.45, 2.75) is 0 Å². The van der Waals surface area contributed by atoms with Crippen LogP contribution in [0.1, 0.15) is 10.4 Å². The molecule has 0 radical (unpaired) electrons. The number of carbonyl (C=O) groups is 1. The average Bonchev–Trinajstić information content (AvgIpc) is 3.00. The van der Waals surface area contributed by atoms with Crippen molar-refractivity contribution in [3.8, 4) is 17.0 Å². The van der Waals surface area contributed by atoms with Crippen LogP contribution in [0.3, 0.4) is 0 Å². The summed E-state index contributed by atoms with van der Waals surface area (Å²) < 4.78 is 5.10. The van der Waals surface area contributed by atoms with E-state index in [1.165, 1.54) is 12.1 Å². The lowest BCUT2D eigenvalue weighted by molar-refractivity contribution is 0.0697. The Morgan fingerprint density at radius 2 is 1.76 bits per heavy atom. The molecule has 0 amide bonds. The number of ether oxygens (including phenoxy) is 1. The normalized spacial score (nSPS) is 10.9. The molecule has 0 saturated carbocycles. The van der Waals surface area contributed by atoms with Crippen LogP contribution in [0.5, 0.6) is 5.75 Å².